The Labute approximate surface area is 115 Å². The molecule has 1 fully saturated rings. The van der Waals surface area contributed by atoms with E-state index in [1.807, 2.05) is 17.0 Å². The Balaban J connectivity index is 2.11. The maximum absolute atomic E-state index is 11.8. The van der Waals surface area contributed by atoms with Crippen molar-refractivity contribution in [3.05, 3.63) is 29.8 Å². The quantitative estimate of drug-likeness (QED) is 0.856. The minimum Gasteiger partial charge on any atom is -0.338 e. The summed E-state index contributed by atoms with van der Waals surface area (Å²) in [6, 6.07) is 8.57. The number of amides is 2. The molecule has 0 radical (unpaired) electrons. The predicted molar refractivity (Wildman–Crippen MR) is 78.5 cm³/mol. The van der Waals surface area contributed by atoms with Crippen LogP contribution in [0.3, 0.4) is 0 Å². The smallest absolute Gasteiger partial charge is 0.321 e. The minimum absolute atomic E-state index is 0.0116. The van der Waals surface area contributed by atoms with E-state index >= 15 is 0 Å². The molecule has 2 amide bonds. The number of nitrogens with one attached hydrogen (secondary N) is 2. The predicted octanol–water partition coefficient (Wildman–Crippen LogP) is 2.67. The Morgan fingerprint density at radius 1 is 1.47 bits per heavy atom. The largest absolute Gasteiger partial charge is 0.338 e. The van der Waals surface area contributed by atoms with Crippen LogP contribution >= 0.6 is 0 Å². The standard InChI is InChI=1S/C15H23N3O/c1-3-8-16-12(2)13-6-4-7-14(11-13)18-10-5-9-17-15(18)19/h4,6-7,11-12,16H,3,5,8-10H2,1-2H3,(H,17,19). The zero-order valence-electron chi connectivity index (χ0n) is 11.8. The van der Waals surface area contributed by atoms with Gasteiger partial charge in [0.1, 0.15) is 0 Å². The maximum Gasteiger partial charge on any atom is 0.321 e. The fraction of sp³-hybridized carbons (Fsp3) is 0.533. The van der Waals surface area contributed by atoms with Gasteiger partial charge in [-0.3, -0.25) is 4.90 Å². The van der Waals surface area contributed by atoms with Crippen molar-refractivity contribution >= 4 is 11.7 Å². The first kappa shape index (κ1) is 13.9. The van der Waals surface area contributed by atoms with Crippen LogP contribution in [0.5, 0.6) is 0 Å². The molecular weight excluding hydrogens is 238 g/mol. The summed E-state index contributed by atoms with van der Waals surface area (Å²) < 4.78 is 0. The van der Waals surface area contributed by atoms with Gasteiger partial charge in [-0.15, -0.1) is 0 Å². The number of hydrogen-bond donors (Lipinski definition) is 2. The molecule has 0 saturated carbocycles. The Morgan fingerprint density at radius 2 is 2.32 bits per heavy atom. The molecule has 0 aliphatic carbocycles. The monoisotopic (exact) mass is 261 g/mol. The first-order valence-electron chi connectivity index (χ1n) is 7.11. The van der Waals surface area contributed by atoms with E-state index in [9.17, 15) is 4.79 Å². The average Bonchev–Trinajstić information content (AvgIpc) is 2.45. The molecule has 0 spiro atoms. The second-order valence-electron chi connectivity index (χ2n) is 5.01. The van der Waals surface area contributed by atoms with Crippen LogP contribution in [-0.4, -0.2) is 25.7 Å². The molecule has 1 aromatic rings. The van der Waals surface area contributed by atoms with Crippen LogP contribution in [0, 0.1) is 0 Å². The number of anilines is 1. The third-order valence-electron chi connectivity index (χ3n) is 3.46. The van der Waals surface area contributed by atoms with E-state index in [2.05, 4.69) is 36.6 Å². The van der Waals surface area contributed by atoms with Crippen LogP contribution in [0.4, 0.5) is 10.5 Å². The molecule has 19 heavy (non-hydrogen) atoms. The average molecular weight is 261 g/mol. The molecule has 0 aromatic heterocycles. The van der Waals surface area contributed by atoms with Gasteiger partial charge in [0, 0.05) is 24.8 Å². The Hall–Kier alpha value is -1.55. The molecule has 1 heterocycles. The third-order valence-corrected chi connectivity index (χ3v) is 3.46. The molecule has 4 heteroatoms. The highest BCUT2D eigenvalue weighted by Gasteiger charge is 2.19. The fourth-order valence-corrected chi connectivity index (χ4v) is 2.32. The Bertz CT molecular complexity index is 433. The number of urea groups is 1. The fourth-order valence-electron chi connectivity index (χ4n) is 2.32. The van der Waals surface area contributed by atoms with E-state index in [1.165, 1.54) is 5.56 Å². The highest BCUT2D eigenvalue weighted by atomic mass is 16.2. The normalized spacial score (nSPS) is 17.2. The maximum atomic E-state index is 11.8. The lowest BCUT2D eigenvalue weighted by Crippen LogP contribution is -2.46. The van der Waals surface area contributed by atoms with E-state index in [-0.39, 0.29) is 6.03 Å². The van der Waals surface area contributed by atoms with Crippen LogP contribution in [0.15, 0.2) is 24.3 Å². The number of nitrogens with zero attached hydrogens (tertiary/aromatic N) is 1. The number of benzene rings is 1. The summed E-state index contributed by atoms with van der Waals surface area (Å²) in [6.45, 7) is 6.91. The van der Waals surface area contributed by atoms with Crippen LogP contribution in [0.2, 0.25) is 0 Å². The van der Waals surface area contributed by atoms with Crippen molar-refractivity contribution in [2.24, 2.45) is 0 Å². The van der Waals surface area contributed by atoms with Gasteiger partial charge in [0.15, 0.2) is 0 Å². The zero-order valence-corrected chi connectivity index (χ0v) is 11.8. The first-order chi connectivity index (χ1) is 9.22. The Kier molecular flexibility index (Phi) is 4.80. The van der Waals surface area contributed by atoms with Gasteiger partial charge in [0.2, 0.25) is 0 Å². The van der Waals surface area contributed by atoms with Gasteiger partial charge in [-0.1, -0.05) is 19.1 Å². The molecule has 0 bridgehead atoms. The van der Waals surface area contributed by atoms with Gasteiger partial charge in [-0.25, -0.2) is 4.79 Å². The molecule has 2 rings (SSSR count). The van der Waals surface area contributed by atoms with Crippen LogP contribution in [0.25, 0.3) is 0 Å². The van der Waals surface area contributed by atoms with E-state index in [4.69, 9.17) is 0 Å². The topological polar surface area (TPSA) is 44.4 Å². The molecule has 1 saturated heterocycles. The molecule has 1 aliphatic heterocycles. The molecule has 2 N–H and O–H groups in total. The molecule has 104 valence electrons. The van der Waals surface area contributed by atoms with Gasteiger partial charge < -0.3 is 10.6 Å². The number of rotatable bonds is 5. The van der Waals surface area contributed by atoms with E-state index < -0.39 is 0 Å². The summed E-state index contributed by atoms with van der Waals surface area (Å²) in [4.78, 5) is 13.7. The van der Waals surface area contributed by atoms with Crippen molar-refractivity contribution in [3.63, 3.8) is 0 Å². The van der Waals surface area contributed by atoms with Gasteiger partial charge in [0.25, 0.3) is 0 Å². The molecule has 1 aliphatic rings. The van der Waals surface area contributed by atoms with Crippen molar-refractivity contribution in [1.82, 2.24) is 10.6 Å². The van der Waals surface area contributed by atoms with E-state index in [0.29, 0.717) is 6.04 Å². The van der Waals surface area contributed by atoms with Gasteiger partial charge in [-0.2, -0.15) is 0 Å². The zero-order chi connectivity index (χ0) is 13.7. The third kappa shape index (κ3) is 3.47. The number of carbonyl (C=O) groups is 1. The molecule has 4 nitrogen and oxygen atoms in total. The minimum atomic E-state index is 0.0116. The van der Waals surface area contributed by atoms with Crippen molar-refractivity contribution in [3.8, 4) is 0 Å². The Morgan fingerprint density at radius 3 is 3.05 bits per heavy atom. The lowest BCUT2D eigenvalue weighted by molar-refractivity contribution is 0.243. The van der Waals surface area contributed by atoms with Crippen LogP contribution in [0.1, 0.15) is 38.3 Å². The summed E-state index contributed by atoms with van der Waals surface area (Å²) >= 11 is 0. The highest BCUT2D eigenvalue weighted by molar-refractivity contribution is 5.92. The summed E-state index contributed by atoms with van der Waals surface area (Å²) in [7, 11) is 0. The lowest BCUT2D eigenvalue weighted by Gasteiger charge is -2.28. The second-order valence-corrected chi connectivity index (χ2v) is 5.01. The van der Waals surface area contributed by atoms with E-state index in [1.54, 1.807) is 0 Å². The first-order valence-corrected chi connectivity index (χ1v) is 7.11. The van der Waals surface area contributed by atoms with E-state index in [0.717, 1.165) is 38.2 Å². The van der Waals surface area contributed by atoms with Gasteiger partial charge in [0.05, 0.1) is 0 Å². The lowest BCUT2D eigenvalue weighted by atomic mass is 10.1. The van der Waals surface area contributed by atoms with Gasteiger partial charge in [-0.05, 0) is 44.0 Å². The molecule has 1 atom stereocenters. The highest BCUT2D eigenvalue weighted by Crippen LogP contribution is 2.22. The van der Waals surface area contributed by atoms with Crippen molar-refractivity contribution < 1.29 is 4.79 Å². The molecule has 1 aromatic carbocycles. The summed E-state index contributed by atoms with van der Waals surface area (Å²) in [6.07, 6.45) is 2.12. The van der Waals surface area contributed by atoms with Gasteiger partial charge >= 0.3 is 6.03 Å². The molecule has 1 unspecified atom stereocenters. The van der Waals surface area contributed by atoms with Crippen molar-refractivity contribution in [2.45, 2.75) is 32.7 Å². The summed E-state index contributed by atoms with van der Waals surface area (Å²) in [5.41, 5.74) is 2.21. The van der Waals surface area contributed by atoms with Crippen molar-refractivity contribution in [2.75, 3.05) is 24.5 Å². The SMILES string of the molecule is CCCNC(C)c1cccc(N2CCCNC2=O)c1. The number of carbonyl (C=O) groups excluding carboxylic acids is 1. The van der Waals surface area contributed by atoms with Crippen molar-refractivity contribution in [1.29, 1.82) is 0 Å². The second kappa shape index (κ2) is 6.57. The summed E-state index contributed by atoms with van der Waals surface area (Å²) in [5, 5.41) is 6.36. The summed E-state index contributed by atoms with van der Waals surface area (Å²) in [5.74, 6) is 0. The van der Waals surface area contributed by atoms with Crippen LogP contribution in [-0.2, 0) is 0 Å². The molecular formula is C15H23N3O. The van der Waals surface area contributed by atoms with Crippen LogP contribution < -0.4 is 15.5 Å². The number of hydrogen-bond acceptors (Lipinski definition) is 2.